The van der Waals surface area contributed by atoms with Gasteiger partial charge in [-0.2, -0.15) is 0 Å². The Balaban J connectivity index is 1.76. The fourth-order valence-corrected chi connectivity index (χ4v) is 2.34. The average molecular weight is 268 g/mol. The van der Waals surface area contributed by atoms with Crippen molar-refractivity contribution in [3.63, 3.8) is 0 Å². The van der Waals surface area contributed by atoms with Crippen LogP contribution in [0.2, 0.25) is 5.02 Å². The monoisotopic (exact) mass is 267 g/mol. The summed E-state index contributed by atoms with van der Waals surface area (Å²) in [7, 11) is 0. The fraction of sp³-hybridized carbons (Fsp3) is 0.538. The summed E-state index contributed by atoms with van der Waals surface area (Å²) in [4.78, 5) is 15.7. The fourth-order valence-electron chi connectivity index (χ4n) is 2.19. The second-order valence-electron chi connectivity index (χ2n) is 4.65. The van der Waals surface area contributed by atoms with Crippen molar-refractivity contribution in [2.45, 2.75) is 25.7 Å². The molecule has 98 valence electrons. The van der Waals surface area contributed by atoms with Crippen LogP contribution in [0.25, 0.3) is 0 Å². The Labute approximate surface area is 112 Å². The summed E-state index contributed by atoms with van der Waals surface area (Å²) in [6.07, 6.45) is 7.07. The van der Waals surface area contributed by atoms with E-state index in [1.54, 1.807) is 18.5 Å². The third-order valence-electron chi connectivity index (χ3n) is 3.22. The van der Waals surface area contributed by atoms with E-state index in [2.05, 4.69) is 15.6 Å². The van der Waals surface area contributed by atoms with Gasteiger partial charge in [0, 0.05) is 12.6 Å². The first-order chi connectivity index (χ1) is 8.75. The van der Waals surface area contributed by atoms with E-state index in [-0.39, 0.29) is 5.91 Å². The van der Waals surface area contributed by atoms with E-state index in [0.29, 0.717) is 23.0 Å². The topological polar surface area (TPSA) is 54.0 Å². The number of nitrogens with zero attached hydrogens (tertiary/aromatic N) is 1. The van der Waals surface area contributed by atoms with Crippen molar-refractivity contribution >= 4 is 23.2 Å². The number of hydrogen-bond donors (Lipinski definition) is 2. The van der Waals surface area contributed by atoms with Crippen LogP contribution in [0.15, 0.2) is 18.5 Å². The lowest BCUT2D eigenvalue weighted by Gasteiger charge is -2.22. The maximum absolute atomic E-state index is 11.8. The van der Waals surface area contributed by atoms with Crippen molar-refractivity contribution in [3.05, 3.63) is 23.5 Å². The van der Waals surface area contributed by atoms with Crippen molar-refractivity contribution in [3.8, 4) is 0 Å². The van der Waals surface area contributed by atoms with Crippen LogP contribution in [-0.2, 0) is 4.79 Å². The highest BCUT2D eigenvalue weighted by Gasteiger charge is 2.14. The van der Waals surface area contributed by atoms with Gasteiger partial charge in [-0.1, -0.05) is 11.6 Å². The van der Waals surface area contributed by atoms with Crippen molar-refractivity contribution in [2.24, 2.45) is 5.92 Å². The molecule has 0 aromatic carbocycles. The van der Waals surface area contributed by atoms with Gasteiger partial charge < -0.3 is 10.6 Å². The minimum absolute atomic E-state index is 0.00970. The van der Waals surface area contributed by atoms with Crippen molar-refractivity contribution < 1.29 is 4.79 Å². The zero-order valence-electron chi connectivity index (χ0n) is 10.3. The number of carbonyl (C=O) groups excluding carboxylic acids is 1. The maximum Gasteiger partial charge on any atom is 0.224 e. The van der Waals surface area contributed by atoms with Gasteiger partial charge in [-0.15, -0.1) is 0 Å². The number of anilines is 1. The van der Waals surface area contributed by atoms with E-state index in [9.17, 15) is 4.79 Å². The highest BCUT2D eigenvalue weighted by molar-refractivity contribution is 6.33. The quantitative estimate of drug-likeness (QED) is 0.881. The molecular weight excluding hydrogens is 250 g/mol. The van der Waals surface area contributed by atoms with Crippen LogP contribution in [0, 0.1) is 5.92 Å². The van der Waals surface area contributed by atoms with Crippen molar-refractivity contribution in [1.82, 2.24) is 10.3 Å². The van der Waals surface area contributed by atoms with E-state index in [1.165, 1.54) is 12.8 Å². The molecule has 4 nitrogen and oxygen atoms in total. The number of aromatic nitrogens is 1. The Morgan fingerprint density at radius 3 is 3.22 bits per heavy atom. The lowest BCUT2D eigenvalue weighted by molar-refractivity contribution is -0.116. The Morgan fingerprint density at radius 2 is 2.50 bits per heavy atom. The molecule has 0 radical (unpaired) electrons. The predicted octanol–water partition coefficient (Wildman–Crippen LogP) is 2.45. The molecule has 2 heterocycles. The van der Waals surface area contributed by atoms with E-state index in [4.69, 9.17) is 11.6 Å². The van der Waals surface area contributed by atoms with Crippen LogP contribution in [0.3, 0.4) is 0 Å². The summed E-state index contributed by atoms with van der Waals surface area (Å²) >= 11 is 5.95. The number of hydrogen-bond acceptors (Lipinski definition) is 3. The molecule has 1 aliphatic rings. The predicted molar refractivity (Wildman–Crippen MR) is 72.7 cm³/mol. The minimum Gasteiger partial charge on any atom is -0.324 e. The van der Waals surface area contributed by atoms with Gasteiger partial charge >= 0.3 is 0 Å². The zero-order valence-corrected chi connectivity index (χ0v) is 11.0. The molecule has 1 saturated heterocycles. The highest BCUT2D eigenvalue weighted by Crippen LogP contribution is 2.20. The normalized spacial score (nSPS) is 19.5. The lowest BCUT2D eigenvalue weighted by atomic mass is 9.94. The van der Waals surface area contributed by atoms with Gasteiger partial charge in [-0.05, 0) is 44.3 Å². The molecule has 1 aromatic rings. The summed E-state index contributed by atoms with van der Waals surface area (Å²) < 4.78 is 0. The molecule has 2 N–H and O–H groups in total. The molecule has 0 saturated carbocycles. The number of piperidine rings is 1. The second kappa shape index (κ2) is 6.71. The first-order valence-electron chi connectivity index (χ1n) is 6.36. The Morgan fingerprint density at radius 1 is 1.61 bits per heavy atom. The minimum atomic E-state index is 0.00970. The molecule has 0 bridgehead atoms. The average Bonchev–Trinajstić information content (AvgIpc) is 2.40. The summed E-state index contributed by atoms with van der Waals surface area (Å²) in [5.41, 5.74) is 0.589. The molecule has 1 fully saturated rings. The highest BCUT2D eigenvalue weighted by atomic mass is 35.5. The zero-order chi connectivity index (χ0) is 12.8. The molecule has 1 unspecified atom stereocenters. The van der Waals surface area contributed by atoms with Gasteiger partial charge in [-0.3, -0.25) is 9.78 Å². The van der Waals surface area contributed by atoms with Crippen LogP contribution in [0.4, 0.5) is 5.69 Å². The molecular formula is C13H18ClN3O. The van der Waals surface area contributed by atoms with Gasteiger partial charge in [0.05, 0.1) is 16.9 Å². The number of pyridine rings is 1. The first kappa shape index (κ1) is 13.3. The molecule has 1 amide bonds. The molecule has 1 aliphatic heterocycles. The number of amides is 1. The third kappa shape index (κ3) is 3.96. The van der Waals surface area contributed by atoms with Crippen LogP contribution >= 0.6 is 11.6 Å². The maximum atomic E-state index is 11.8. The number of halogens is 1. The van der Waals surface area contributed by atoms with Crippen LogP contribution in [0.1, 0.15) is 25.7 Å². The van der Waals surface area contributed by atoms with E-state index < -0.39 is 0 Å². The standard InChI is InChI=1S/C13H18ClN3O/c14-11-5-7-16-9-12(11)17-13(18)4-3-10-2-1-6-15-8-10/h5,7,9-10,15H,1-4,6,8H2,(H,17,18). The Kier molecular flexibility index (Phi) is 4.96. The van der Waals surface area contributed by atoms with Gasteiger partial charge in [0.2, 0.25) is 5.91 Å². The third-order valence-corrected chi connectivity index (χ3v) is 3.55. The largest absolute Gasteiger partial charge is 0.324 e. The molecule has 0 aliphatic carbocycles. The van der Waals surface area contributed by atoms with Gasteiger partial charge in [0.25, 0.3) is 0 Å². The van der Waals surface area contributed by atoms with Crippen molar-refractivity contribution in [2.75, 3.05) is 18.4 Å². The smallest absolute Gasteiger partial charge is 0.224 e. The van der Waals surface area contributed by atoms with Crippen LogP contribution in [-0.4, -0.2) is 24.0 Å². The molecule has 2 rings (SSSR count). The summed E-state index contributed by atoms with van der Waals surface area (Å²) in [6.45, 7) is 2.13. The second-order valence-corrected chi connectivity index (χ2v) is 5.06. The number of nitrogens with one attached hydrogen (secondary N) is 2. The molecule has 1 aromatic heterocycles. The molecule has 5 heteroatoms. The molecule has 0 spiro atoms. The number of carbonyl (C=O) groups is 1. The molecule has 1 atom stereocenters. The van der Waals surface area contributed by atoms with Gasteiger partial charge in [0.15, 0.2) is 0 Å². The van der Waals surface area contributed by atoms with Crippen molar-refractivity contribution in [1.29, 1.82) is 0 Å². The summed E-state index contributed by atoms with van der Waals surface area (Å²) in [5, 5.41) is 6.68. The van der Waals surface area contributed by atoms with Gasteiger partial charge in [0.1, 0.15) is 0 Å². The Bertz CT molecular complexity index is 405. The SMILES string of the molecule is O=C(CCC1CCCNC1)Nc1cnccc1Cl. The molecule has 18 heavy (non-hydrogen) atoms. The van der Waals surface area contributed by atoms with Crippen LogP contribution in [0.5, 0.6) is 0 Å². The summed E-state index contributed by atoms with van der Waals surface area (Å²) in [6, 6.07) is 1.67. The lowest BCUT2D eigenvalue weighted by Crippen LogP contribution is -2.30. The first-order valence-corrected chi connectivity index (χ1v) is 6.73. The van der Waals surface area contributed by atoms with E-state index in [0.717, 1.165) is 19.5 Å². The summed E-state index contributed by atoms with van der Waals surface area (Å²) in [5.74, 6) is 0.629. The number of rotatable bonds is 4. The Hall–Kier alpha value is -1.13. The van der Waals surface area contributed by atoms with E-state index in [1.807, 2.05) is 0 Å². The van der Waals surface area contributed by atoms with Gasteiger partial charge in [-0.25, -0.2) is 0 Å². The van der Waals surface area contributed by atoms with E-state index >= 15 is 0 Å². The van der Waals surface area contributed by atoms with Crippen LogP contribution < -0.4 is 10.6 Å².